The second-order valence-corrected chi connectivity index (χ2v) is 5.08. The predicted octanol–water partition coefficient (Wildman–Crippen LogP) is 2.12. The molecule has 4 nitrogen and oxygen atoms in total. The predicted molar refractivity (Wildman–Crippen MR) is 67.7 cm³/mol. The summed E-state index contributed by atoms with van der Waals surface area (Å²) >= 11 is 0. The fraction of sp³-hybridized carbons (Fsp3) is 0.538. The first-order valence-electron chi connectivity index (χ1n) is 5.93. The summed E-state index contributed by atoms with van der Waals surface area (Å²) in [4.78, 5) is 9.03. The smallest absolute Gasteiger partial charge is 0.122 e. The summed E-state index contributed by atoms with van der Waals surface area (Å²) < 4.78 is 4.16. The molecule has 0 fully saturated rings. The summed E-state index contributed by atoms with van der Waals surface area (Å²) in [6.45, 7) is 6.63. The van der Waals surface area contributed by atoms with E-state index in [0.29, 0.717) is 5.92 Å². The second-order valence-electron chi connectivity index (χ2n) is 5.08. The third kappa shape index (κ3) is 1.68. The normalized spacial score (nSPS) is 12.4. The summed E-state index contributed by atoms with van der Waals surface area (Å²) in [6.07, 6.45) is 7.66. The molecule has 0 atom stereocenters. The van der Waals surface area contributed by atoms with E-state index in [1.54, 1.807) is 0 Å². The lowest BCUT2D eigenvalue weighted by Gasteiger charge is -2.32. The van der Waals surface area contributed by atoms with Gasteiger partial charge in [-0.25, -0.2) is 9.97 Å². The van der Waals surface area contributed by atoms with E-state index in [4.69, 9.17) is 0 Å². The molecule has 0 amide bonds. The van der Waals surface area contributed by atoms with Crippen molar-refractivity contribution < 1.29 is 0 Å². The number of hydrogen-bond donors (Lipinski definition) is 0. The van der Waals surface area contributed by atoms with Crippen LogP contribution in [0.5, 0.6) is 0 Å². The minimum absolute atomic E-state index is 0.170. The Morgan fingerprint density at radius 1 is 1.00 bits per heavy atom. The zero-order chi connectivity index (χ0) is 12.6. The molecule has 0 radical (unpaired) electrons. The maximum Gasteiger partial charge on any atom is 0.122 e. The Hall–Kier alpha value is -1.58. The summed E-state index contributed by atoms with van der Waals surface area (Å²) in [5.74, 6) is 2.54. The van der Waals surface area contributed by atoms with Crippen molar-refractivity contribution in [3.8, 4) is 0 Å². The third-order valence-corrected chi connectivity index (χ3v) is 3.73. The average Bonchev–Trinajstić information content (AvgIpc) is 2.86. The number of rotatable bonds is 3. The van der Waals surface area contributed by atoms with Gasteiger partial charge in [-0.15, -0.1) is 0 Å². The zero-order valence-corrected chi connectivity index (χ0v) is 11.2. The van der Waals surface area contributed by atoms with Crippen LogP contribution in [0.25, 0.3) is 0 Å². The minimum atomic E-state index is -0.170. The molecule has 0 N–H and O–H groups in total. The van der Waals surface area contributed by atoms with Crippen molar-refractivity contribution in [1.29, 1.82) is 0 Å². The van der Waals surface area contributed by atoms with Gasteiger partial charge in [-0.3, -0.25) is 0 Å². The standard InChI is InChI=1S/C13H20N4/c1-10(2)13(3,11-14-6-8-16(11)4)12-15-7-9-17(12)5/h6-10H,1-5H3. The topological polar surface area (TPSA) is 35.6 Å². The molecule has 2 aromatic rings. The molecule has 0 aliphatic rings. The van der Waals surface area contributed by atoms with Crippen molar-refractivity contribution in [2.75, 3.05) is 0 Å². The van der Waals surface area contributed by atoms with Crippen LogP contribution in [0, 0.1) is 5.92 Å². The number of aryl methyl sites for hydroxylation is 2. The van der Waals surface area contributed by atoms with E-state index in [0.717, 1.165) is 11.6 Å². The van der Waals surface area contributed by atoms with Crippen LogP contribution >= 0.6 is 0 Å². The Bertz CT molecular complexity index is 467. The van der Waals surface area contributed by atoms with E-state index >= 15 is 0 Å². The van der Waals surface area contributed by atoms with E-state index in [9.17, 15) is 0 Å². The fourth-order valence-electron chi connectivity index (χ4n) is 2.35. The molecule has 0 aromatic carbocycles. The van der Waals surface area contributed by atoms with Crippen molar-refractivity contribution >= 4 is 0 Å². The van der Waals surface area contributed by atoms with Crippen LogP contribution in [0.4, 0.5) is 0 Å². The number of imidazole rings is 2. The van der Waals surface area contributed by atoms with Crippen molar-refractivity contribution in [2.24, 2.45) is 20.0 Å². The third-order valence-electron chi connectivity index (χ3n) is 3.73. The van der Waals surface area contributed by atoms with Crippen LogP contribution in [0.15, 0.2) is 24.8 Å². The molecule has 0 aliphatic carbocycles. The Morgan fingerprint density at radius 3 is 1.65 bits per heavy atom. The van der Waals surface area contributed by atoms with Crippen molar-refractivity contribution in [3.05, 3.63) is 36.4 Å². The van der Waals surface area contributed by atoms with E-state index < -0.39 is 0 Å². The summed E-state index contributed by atoms with van der Waals surface area (Å²) in [6, 6.07) is 0. The summed E-state index contributed by atoms with van der Waals surface area (Å²) in [7, 11) is 4.07. The van der Waals surface area contributed by atoms with Crippen LogP contribution in [0.3, 0.4) is 0 Å². The second kappa shape index (κ2) is 4.02. The number of aromatic nitrogens is 4. The lowest BCUT2D eigenvalue weighted by molar-refractivity contribution is 0.347. The van der Waals surface area contributed by atoms with Gasteiger partial charge >= 0.3 is 0 Å². The van der Waals surface area contributed by atoms with Crippen molar-refractivity contribution in [1.82, 2.24) is 19.1 Å². The summed E-state index contributed by atoms with van der Waals surface area (Å²) in [5.41, 5.74) is -0.170. The zero-order valence-electron chi connectivity index (χ0n) is 11.2. The van der Waals surface area contributed by atoms with Gasteiger partial charge in [-0.2, -0.15) is 0 Å². The quantitative estimate of drug-likeness (QED) is 0.812. The van der Waals surface area contributed by atoms with Gasteiger partial charge in [0.25, 0.3) is 0 Å². The molecule has 0 aliphatic heterocycles. The molecule has 0 saturated carbocycles. The highest BCUT2D eigenvalue weighted by atomic mass is 15.1. The van der Waals surface area contributed by atoms with Crippen LogP contribution in [0.1, 0.15) is 32.4 Å². The molecular weight excluding hydrogens is 212 g/mol. The Labute approximate surface area is 102 Å². The lowest BCUT2D eigenvalue weighted by atomic mass is 9.77. The van der Waals surface area contributed by atoms with Crippen molar-refractivity contribution in [2.45, 2.75) is 26.2 Å². The molecule has 0 bridgehead atoms. The van der Waals surface area contributed by atoms with Gasteiger partial charge in [0.1, 0.15) is 11.6 Å². The number of nitrogens with zero attached hydrogens (tertiary/aromatic N) is 4. The van der Waals surface area contributed by atoms with Gasteiger partial charge in [-0.05, 0) is 12.8 Å². The average molecular weight is 232 g/mol. The van der Waals surface area contributed by atoms with Gasteiger partial charge in [-0.1, -0.05) is 13.8 Å². The Kier molecular flexibility index (Phi) is 2.81. The molecule has 0 saturated heterocycles. The highest BCUT2D eigenvalue weighted by Gasteiger charge is 2.39. The van der Waals surface area contributed by atoms with Crippen LogP contribution in [-0.2, 0) is 19.5 Å². The van der Waals surface area contributed by atoms with E-state index in [-0.39, 0.29) is 5.41 Å². The van der Waals surface area contributed by atoms with Crippen LogP contribution < -0.4 is 0 Å². The van der Waals surface area contributed by atoms with E-state index in [1.165, 1.54) is 0 Å². The Balaban J connectivity index is 2.63. The monoisotopic (exact) mass is 232 g/mol. The van der Waals surface area contributed by atoms with Crippen LogP contribution in [0.2, 0.25) is 0 Å². The molecule has 17 heavy (non-hydrogen) atoms. The Morgan fingerprint density at radius 2 is 1.41 bits per heavy atom. The van der Waals surface area contributed by atoms with E-state index in [1.807, 2.05) is 38.9 Å². The van der Waals surface area contributed by atoms with Gasteiger partial charge < -0.3 is 9.13 Å². The first-order valence-corrected chi connectivity index (χ1v) is 5.93. The molecule has 2 aromatic heterocycles. The van der Waals surface area contributed by atoms with Gasteiger partial charge in [0.05, 0.1) is 5.41 Å². The summed E-state index contributed by atoms with van der Waals surface area (Å²) in [5, 5.41) is 0. The van der Waals surface area contributed by atoms with Crippen molar-refractivity contribution in [3.63, 3.8) is 0 Å². The molecule has 0 spiro atoms. The maximum atomic E-state index is 4.52. The molecule has 0 unspecified atom stereocenters. The maximum absolute atomic E-state index is 4.52. The van der Waals surface area contributed by atoms with Gasteiger partial charge in [0.15, 0.2) is 0 Å². The highest BCUT2D eigenvalue weighted by molar-refractivity contribution is 5.23. The largest absolute Gasteiger partial charge is 0.337 e. The van der Waals surface area contributed by atoms with Gasteiger partial charge in [0, 0.05) is 38.9 Å². The highest BCUT2D eigenvalue weighted by Crippen LogP contribution is 2.36. The molecule has 2 rings (SSSR count). The molecular formula is C13H20N4. The first kappa shape index (κ1) is 11.9. The lowest BCUT2D eigenvalue weighted by Crippen LogP contribution is -2.35. The SMILES string of the molecule is CC(C)C(C)(c1nccn1C)c1nccn1C. The van der Waals surface area contributed by atoms with Gasteiger partial charge in [0.2, 0.25) is 0 Å². The molecule has 2 heterocycles. The fourth-order valence-corrected chi connectivity index (χ4v) is 2.35. The first-order chi connectivity index (χ1) is 7.98. The van der Waals surface area contributed by atoms with Crippen LogP contribution in [-0.4, -0.2) is 19.1 Å². The molecule has 92 valence electrons. The molecule has 4 heteroatoms. The van der Waals surface area contributed by atoms with E-state index in [2.05, 4.69) is 39.9 Å². The minimum Gasteiger partial charge on any atom is -0.337 e. The number of hydrogen-bond acceptors (Lipinski definition) is 2.